The van der Waals surface area contributed by atoms with E-state index in [4.69, 9.17) is 4.74 Å². The Labute approximate surface area is 116 Å². The lowest BCUT2D eigenvalue weighted by Crippen LogP contribution is -2.42. The Hall–Kier alpha value is -1.09. The summed E-state index contributed by atoms with van der Waals surface area (Å²) in [4.78, 5) is 0. The van der Waals surface area contributed by atoms with E-state index in [9.17, 15) is 4.39 Å². The van der Waals surface area contributed by atoms with Crippen LogP contribution in [0.1, 0.15) is 45.6 Å². The summed E-state index contributed by atoms with van der Waals surface area (Å²) < 4.78 is 19.3. The van der Waals surface area contributed by atoms with Gasteiger partial charge in [-0.2, -0.15) is 0 Å². The van der Waals surface area contributed by atoms with E-state index in [1.165, 1.54) is 6.07 Å². The van der Waals surface area contributed by atoms with Crippen LogP contribution in [-0.2, 0) is 0 Å². The van der Waals surface area contributed by atoms with Gasteiger partial charge in [0, 0.05) is 6.04 Å². The van der Waals surface area contributed by atoms with E-state index in [1.807, 2.05) is 0 Å². The second kappa shape index (κ2) is 8.16. The van der Waals surface area contributed by atoms with Gasteiger partial charge in [-0.05, 0) is 50.1 Å². The van der Waals surface area contributed by atoms with Crippen molar-refractivity contribution >= 4 is 0 Å². The molecule has 2 unspecified atom stereocenters. The van der Waals surface area contributed by atoms with Crippen LogP contribution >= 0.6 is 0 Å². The molecule has 0 spiro atoms. The number of likely N-dealkylation sites (N-methyl/N-ethyl adjacent to an activating group) is 1. The van der Waals surface area contributed by atoms with Crippen molar-refractivity contribution in [1.82, 2.24) is 5.32 Å². The van der Waals surface area contributed by atoms with Crippen LogP contribution < -0.4 is 10.1 Å². The van der Waals surface area contributed by atoms with Crippen LogP contribution in [0.4, 0.5) is 4.39 Å². The summed E-state index contributed by atoms with van der Waals surface area (Å²) in [6, 6.07) is 5.30. The van der Waals surface area contributed by atoms with E-state index in [2.05, 4.69) is 26.1 Å². The summed E-state index contributed by atoms with van der Waals surface area (Å²) in [6.07, 6.45) is 3.28. The highest BCUT2D eigenvalue weighted by Crippen LogP contribution is 2.20. The maximum atomic E-state index is 13.3. The third-order valence-electron chi connectivity index (χ3n) is 3.33. The van der Waals surface area contributed by atoms with E-state index in [1.54, 1.807) is 19.1 Å². The summed E-state index contributed by atoms with van der Waals surface area (Å²) in [5.74, 6) is 0.571. The molecule has 1 rings (SSSR count). The summed E-state index contributed by atoms with van der Waals surface area (Å²) >= 11 is 0. The number of hydrogen-bond donors (Lipinski definition) is 1. The highest BCUT2D eigenvalue weighted by molar-refractivity contribution is 5.29. The number of ether oxygens (including phenoxy) is 1. The fourth-order valence-electron chi connectivity index (χ4n) is 2.31. The summed E-state index contributed by atoms with van der Waals surface area (Å²) in [5, 5.41) is 3.48. The standard InChI is InChI=1S/C16H26FNO/c1-5-8-15(18-7-3)16(6-2)19-13-9-10-14(17)12(4)11-13/h9-11,15-16,18H,5-8H2,1-4H3. The van der Waals surface area contributed by atoms with Gasteiger partial charge < -0.3 is 10.1 Å². The molecule has 0 fully saturated rings. The molecular weight excluding hydrogens is 241 g/mol. The third-order valence-corrected chi connectivity index (χ3v) is 3.33. The Balaban J connectivity index is 2.75. The van der Waals surface area contributed by atoms with Crippen LogP contribution in [0.25, 0.3) is 0 Å². The first-order valence-corrected chi connectivity index (χ1v) is 7.28. The molecule has 0 saturated carbocycles. The van der Waals surface area contributed by atoms with Crippen molar-refractivity contribution in [2.45, 2.75) is 59.1 Å². The molecule has 0 aliphatic heterocycles. The minimum Gasteiger partial charge on any atom is -0.489 e. The monoisotopic (exact) mass is 267 g/mol. The Morgan fingerprint density at radius 2 is 2.00 bits per heavy atom. The van der Waals surface area contributed by atoms with E-state index in [0.717, 1.165) is 31.6 Å². The molecule has 0 amide bonds. The first-order valence-electron chi connectivity index (χ1n) is 7.28. The van der Waals surface area contributed by atoms with Gasteiger partial charge in [0.25, 0.3) is 0 Å². The van der Waals surface area contributed by atoms with Gasteiger partial charge in [0.1, 0.15) is 17.7 Å². The topological polar surface area (TPSA) is 21.3 Å². The van der Waals surface area contributed by atoms with Crippen LogP contribution in [0.15, 0.2) is 18.2 Å². The Morgan fingerprint density at radius 3 is 2.53 bits per heavy atom. The average molecular weight is 267 g/mol. The van der Waals surface area contributed by atoms with Gasteiger partial charge >= 0.3 is 0 Å². The quantitative estimate of drug-likeness (QED) is 0.766. The Morgan fingerprint density at radius 1 is 1.26 bits per heavy atom. The van der Waals surface area contributed by atoms with Gasteiger partial charge in [-0.1, -0.05) is 27.2 Å². The molecule has 0 bridgehead atoms. The third kappa shape index (κ3) is 4.83. The molecule has 0 saturated heterocycles. The van der Waals surface area contributed by atoms with Gasteiger partial charge in [-0.25, -0.2) is 4.39 Å². The summed E-state index contributed by atoms with van der Waals surface area (Å²) in [6.45, 7) is 9.11. The van der Waals surface area contributed by atoms with Crippen molar-refractivity contribution in [3.8, 4) is 5.75 Å². The van der Waals surface area contributed by atoms with Crippen LogP contribution in [0, 0.1) is 12.7 Å². The average Bonchev–Trinajstić information content (AvgIpc) is 2.40. The number of hydrogen-bond acceptors (Lipinski definition) is 2. The number of rotatable bonds is 8. The fourth-order valence-corrected chi connectivity index (χ4v) is 2.31. The van der Waals surface area contributed by atoms with Gasteiger partial charge in [0.05, 0.1) is 0 Å². The Bertz CT molecular complexity index is 375. The maximum Gasteiger partial charge on any atom is 0.126 e. The second-order valence-electron chi connectivity index (χ2n) is 4.93. The normalized spacial score (nSPS) is 14.2. The smallest absolute Gasteiger partial charge is 0.126 e. The van der Waals surface area contributed by atoms with Gasteiger partial charge in [0.15, 0.2) is 0 Å². The lowest BCUT2D eigenvalue weighted by molar-refractivity contribution is 0.143. The molecule has 2 atom stereocenters. The van der Waals surface area contributed by atoms with Crippen LogP contribution in [0.2, 0.25) is 0 Å². The molecule has 0 radical (unpaired) electrons. The van der Waals surface area contributed by atoms with E-state index in [0.29, 0.717) is 11.6 Å². The number of nitrogens with one attached hydrogen (secondary N) is 1. The molecule has 2 nitrogen and oxygen atoms in total. The molecule has 1 aromatic rings. The van der Waals surface area contributed by atoms with Crippen molar-refractivity contribution in [1.29, 1.82) is 0 Å². The van der Waals surface area contributed by atoms with E-state index < -0.39 is 0 Å². The highest BCUT2D eigenvalue weighted by Gasteiger charge is 2.20. The molecule has 1 N–H and O–H groups in total. The van der Waals surface area contributed by atoms with Crippen molar-refractivity contribution in [2.24, 2.45) is 0 Å². The largest absolute Gasteiger partial charge is 0.489 e. The molecule has 0 aromatic heterocycles. The molecule has 0 aliphatic carbocycles. The van der Waals surface area contributed by atoms with Gasteiger partial charge in [-0.15, -0.1) is 0 Å². The highest BCUT2D eigenvalue weighted by atomic mass is 19.1. The molecular formula is C16H26FNO. The zero-order valence-corrected chi connectivity index (χ0v) is 12.5. The van der Waals surface area contributed by atoms with E-state index >= 15 is 0 Å². The van der Waals surface area contributed by atoms with Crippen molar-refractivity contribution < 1.29 is 9.13 Å². The van der Waals surface area contributed by atoms with Crippen molar-refractivity contribution in [3.05, 3.63) is 29.6 Å². The van der Waals surface area contributed by atoms with E-state index in [-0.39, 0.29) is 11.9 Å². The second-order valence-corrected chi connectivity index (χ2v) is 4.93. The zero-order valence-electron chi connectivity index (χ0n) is 12.5. The lowest BCUT2D eigenvalue weighted by atomic mass is 10.0. The van der Waals surface area contributed by atoms with Crippen LogP contribution in [-0.4, -0.2) is 18.7 Å². The van der Waals surface area contributed by atoms with Crippen molar-refractivity contribution in [2.75, 3.05) is 6.54 Å². The number of benzene rings is 1. The van der Waals surface area contributed by atoms with Gasteiger partial charge in [-0.3, -0.25) is 0 Å². The molecule has 0 heterocycles. The predicted octanol–water partition coefficient (Wildman–Crippen LogP) is 4.07. The predicted molar refractivity (Wildman–Crippen MR) is 78.2 cm³/mol. The SMILES string of the molecule is CCCC(NCC)C(CC)Oc1ccc(F)c(C)c1. The zero-order chi connectivity index (χ0) is 14.3. The first kappa shape index (κ1) is 16.0. The molecule has 1 aromatic carbocycles. The number of aryl methyl sites for hydroxylation is 1. The summed E-state index contributed by atoms with van der Waals surface area (Å²) in [7, 11) is 0. The van der Waals surface area contributed by atoms with Gasteiger partial charge in [0.2, 0.25) is 0 Å². The molecule has 3 heteroatoms. The molecule has 19 heavy (non-hydrogen) atoms. The first-order chi connectivity index (χ1) is 9.12. The molecule has 0 aliphatic rings. The summed E-state index contributed by atoms with van der Waals surface area (Å²) in [5.41, 5.74) is 0.628. The minimum absolute atomic E-state index is 0.129. The van der Waals surface area contributed by atoms with Crippen LogP contribution in [0.5, 0.6) is 5.75 Å². The lowest BCUT2D eigenvalue weighted by Gasteiger charge is -2.27. The van der Waals surface area contributed by atoms with Crippen LogP contribution in [0.3, 0.4) is 0 Å². The Kier molecular flexibility index (Phi) is 6.85. The maximum absolute atomic E-state index is 13.3. The minimum atomic E-state index is -0.183. The fraction of sp³-hybridized carbons (Fsp3) is 0.625. The number of halogens is 1. The van der Waals surface area contributed by atoms with Crippen molar-refractivity contribution in [3.63, 3.8) is 0 Å². The molecule has 108 valence electrons.